The number of nitriles is 1. The third kappa shape index (κ3) is 9.49. The van der Waals surface area contributed by atoms with Crippen LogP contribution in [0.25, 0.3) is 11.8 Å². The molecule has 55 heavy (non-hydrogen) atoms. The monoisotopic (exact) mass is 757 g/mol. The molecule has 0 aromatic heterocycles. The molecule has 13 heteroatoms. The van der Waals surface area contributed by atoms with Crippen molar-refractivity contribution in [2.24, 2.45) is 23.7 Å². The first kappa shape index (κ1) is 39.3. The van der Waals surface area contributed by atoms with Crippen molar-refractivity contribution < 1.29 is 57.1 Å². The van der Waals surface area contributed by atoms with Crippen molar-refractivity contribution in [3.8, 4) is 17.6 Å². The fourth-order valence-corrected chi connectivity index (χ4v) is 8.77. The Hall–Kier alpha value is -5.35. The van der Waals surface area contributed by atoms with Crippen LogP contribution in [-0.4, -0.2) is 68.3 Å². The van der Waals surface area contributed by atoms with Crippen molar-refractivity contribution in [3.63, 3.8) is 0 Å². The van der Waals surface area contributed by atoms with Crippen LogP contribution in [-0.2, 0) is 54.2 Å². The van der Waals surface area contributed by atoms with Crippen LogP contribution >= 0.6 is 0 Å². The number of carbonyl (C=O) groups excluding carboxylic acids is 4. The fourth-order valence-electron chi connectivity index (χ4n) is 8.77. The summed E-state index contributed by atoms with van der Waals surface area (Å²) in [6.45, 7) is 4.48. The number of methoxy groups -OCH3 is 1. The smallest absolute Gasteiger partial charge is 0.303 e. The highest BCUT2D eigenvalue weighted by Crippen LogP contribution is 2.58. The van der Waals surface area contributed by atoms with E-state index in [4.69, 9.17) is 37.9 Å². The maximum absolute atomic E-state index is 12.2. The number of ether oxygens (including phenoxy) is 8. The van der Waals surface area contributed by atoms with Gasteiger partial charge in [0.1, 0.15) is 36.6 Å². The van der Waals surface area contributed by atoms with Gasteiger partial charge in [-0.2, -0.15) is 5.26 Å². The number of allylic oxidation sites excluding steroid dienone is 2. The van der Waals surface area contributed by atoms with Crippen LogP contribution in [0.5, 0.6) is 11.5 Å². The van der Waals surface area contributed by atoms with Crippen molar-refractivity contribution in [1.82, 2.24) is 0 Å². The number of rotatable bonds is 13. The van der Waals surface area contributed by atoms with E-state index in [1.807, 2.05) is 18.2 Å². The average molecular weight is 758 g/mol. The Morgan fingerprint density at radius 2 is 1.42 bits per heavy atom. The third-order valence-corrected chi connectivity index (χ3v) is 10.6. The molecule has 4 bridgehead atoms. The molecule has 2 aromatic rings. The number of benzene rings is 2. The molecule has 4 saturated carbocycles. The molecule has 13 nitrogen and oxygen atoms in total. The van der Waals surface area contributed by atoms with Gasteiger partial charge in [-0.3, -0.25) is 19.2 Å². The molecular formula is C42H47NO12. The van der Waals surface area contributed by atoms with E-state index < -0.39 is 54.6 Å². The van der Waals surface area contributed by atoms with E-state index in [0.29, 0.717) is 23.3 Å². The summed E-state index contributed by atoms with van der Waals surface area (Å²) >= 11 is 0. The largest absolute Gasteiger partial charge is 0.496 e. The van der Waals surface area contributed by atoms with Crippen molar-refractivity contribution in [3.05, 3.63) is 70.8 Å². The molecule has 0 amide bonds. The molecule has 2 aromatic carbocycles. The summed E-state index contributed by atoms with van der Waals surface area (Å²) in [7, 11) is 1.74. The van der Waals surface area contributed by atoms with Crippen LogP contribution in [0, 0.1) is 35.0 Å². The Morgan fingerprint density at radius 1 is 0.800 bits per heavy atom. The predicted molar refractivity (Wildman–Crippen MR) is 195 cm³/mol. The van der Waals surface area contributed by atoms with Gasteiger partial charge in [0.05, 0.1) is 13.2 Å². The zero-order chi connectivity index (χ0) is 39.2. The number of hydrogen-bond acceptors (Lipinski definition) is 13. The van der Waals surface area contributed by atoms with Crippen LogP contribution in [0.4, 0.5) is 0 Å². The Balaban J connectivity index is 1.21. The first-order valence-corrected chi connectivity index (χ1v) is 18.6. The molecule has 1 heterocycles. The quantitative estimate of drug-likeness (QED) is 0.100. The van der Waals surface area contributed by atoms with E-state index in [9.17, 15) is 24.4 Å². The average Bonchev–Trinajstić information content (AvgIpc) is 3.13. The van der Waals surface area contributed by atoms with Crippen molar-refractivity contribution in [2.75, 3.05) is 13.7 Å². The first-order chi connectivity index (χ1) is 26.4. The number of esters is 4. The molecule has 5 fully saturated rings. The van der Waals surface area contributed by atoms with Gasteiger partial charge in [0.15, 0.2) is 12.2 Å². The minimum Gasteiger partial charge on any atom is -0.496 e. The minimum absolute atomic E-state index is 0.184. The van der Waals surface area contributed by atoms with Gasteiger partial charge in [0, 0.05) is 44.9 Å². The normalized spacial score (nSPS) is 27.8. The van der Waals surface area contributed by atoms with Gasteiger partial charge in [-0.1, -0.05) is 24.3 Å². The van der Waals surface area contributed by atoms with Crippen LogP contribution in [0.3, 0.4) is 0 Å². The highest BCUT2D eigenvalue weighted by Gasteiger charge is 2.53. The summed E-state index contributed by atoms with van der Waals surface area (Å²) < 4.78 is 46.3. The van der Waals surface area contributed by atoms with Gasteiger partial charge in [-0.25, -0.2) is 0 Å². The van der Waals surface area contributed by atoms with Crippen LogP contribution in [0.2, 0.25) is 0 Å². The van der Waals surface area contributed by atoms with Crippen LogP contribution in [0.15, 0.2) is 54.1 Å². The van der Waals surface area contributed by atoms with E-state index in [-0.39, 0.29) is 13.2 Å². The van der Waals surface area contributed by atoms with Crippen molar-refractivity contribution >= 4 is 35.7 Å². The summed E-state index contributed by atoms with van der Waals surface area (Å²) in [6, 6.07) is 14.9. The van der Waals surface area contributed by atoms with Gasteiger partial charge in [-0.05, 0) is 91.2 Å². The zero-order valence-corrected chi connectivity index (χ0v) is 31.7. The minimum atomic E-state index is -1.36. The molecule has 2 unspecified atom stereocenters. The third-order valence-electron chi connectivity index (χ3n) is 10.6. The van der Waals surface area contributed by atoms with E-state index in [0.717, 1.165) is 55.1 Å². The molecule has 292 valence electrons. The second-order valence-electron chi connectivity index (χ2n) is 14.6. The van der Waals surface area contributed by atoms with Gasteiger partial charge in [0.2, 0.25) is 12.4 Å². The molecule has 4 aliphatic carbocycles. The van der Waals surface area contributed by atoms with Crippen molar-refractivity contribution in [2.45, 2.75) is 97.1 Å². The number of carbonyl (C=O) groups is 4. The lowest BCUT2D eigenvalue weighted by Gasteiger charge is -2.51. The molecule has 0 radical (unpaired) electrons. The van der Waals surface area contributed by atoms with Crippen LogP contribution < -0.4 is 9.47 Å². The highest BCUT2D eigenvalue weighted by molar-refractivity contribution is 5.71. The molecule has 0 spiro atoms. The SMILES string of the molecule is COC(=C1C2CC3CC(C2)CC1C3)c1ccc(/C=C/C#N)c(OCc2ccc(O[C@@H]3OC(COC(C)=O)[C@H](OC(C)=O)C(OC(C)=O)[C@@H]3OC(C)=O)cc2)c1. The van der Waals surface area contributed by atoms with E-state index >= 15 is 0 Å². The lowest BCUT2D eigenvalue weighted by Crippen LogP contribution is -2.63. The lowest BCUT2D eigenvalue weighted by atomic mass is 9.54. The molecule has 1 saturated heterocycles. The summed E-state index contributed by atoms with van der Waals surface area (Å²) in [6.07, 6.45) is 2.91. The zero-order valence-electron chi connectivity index (χ0n) is 31.7. The Labute approximate surface area is 320 Å². The Bertz CT molecular complexity index is 1830. The standard InChI is InChI=1S/C42H47NO12/c1-23(44)49-22-36-39(51-24(2)45)40(52-25(3)46)41(53-26(4)47)42(55-36)54-34-12-8-27(9-13-34)21-50-35-20-31(11-10-30(35)7-6-14-43)38(48-5)37-32-16-28-15-29(18-32)19-33(37)17-28/h6-13,20,28-29,32-33,36,39-42H,15-19,21-22H2,1-5H3/b7-6+,38-37?/t28?,29?,32?,33?,36?,39-,40?,41-,42+/m0/s1. The fraction of sp³-hybridized carbons (Fsp3) is 0.500. The molecule has 5 aliphatic rings. The van der Waals surface area contributed by atoms with Crippen LogP contribution in [0.1, 0.15) is 76.5 Å². The summed E-state index contributed by atoms with van der Waals surface area (Å²) in [4.78, 5) is 48.1. The molecular weight excluding hydrogens is 710 g/mol. The van der Waals surface area contributed by atoms with E-state index in [2.05, 4.69) is 6.07 Å². The highest BCUT2D eigenvalue weighted by atomic mass is 16.7. The topological polar surface area (TPSA) is 166 Å². The second kappa shape index (κ2) is 17.4. The number of nitrogens with zero attached hydrogens (tertiary/aromatic N) is 1. The lowest BCUT2D eigenvalue weighted by molar-refractivity contribution is -0.288. The Morgan fingerprint density at radius 3 is 2.00 bits per heavy atom. The Kier molecular flexibility index (Phi) is 12.5. The van der Waals surface area contributed by atoms with Gasteiger partial charge in [0.25, 0.3) is 0 Å². The van der Waals surface area contributed by atoms with Crippen molar-refractivity contribution in [1.29, 1.82) is 5.26 Å². The first-order valence-electron chi connectivity index (χ1n) is 18.6. The van der Waals surface area contributed by atoms with Gasteiger partial charge < -0.3 is 37.9 Å². The summed E-state index contributed by atoms with van der Waals surface area (Å²) in [5.74, 6) is 1.77. The predicted octanol–water partition coefficient (Wildman–Crippen LogP) is 6.08. The number of hydrogen-bond donors (Lipinski definition) is 0. The van der Waals surface area contributed by atoms with E-state index in [1.165, 1.54) is 50.7 Å². The summed E-state index contributed by atoms with van der Waals surface area (Å²) in [5, 5.41) is 9.25. The van der Waals surface area contributed by atoms with Gasteiger partial charge in [-0.15, -0.1) is 0 Å². The van der Waals surface area contributed by atoms with Gasteiger partial charge >= 0.3 is 23.9 Å². The summed E-state index contributed by atoms with van der Waals surface area (Å²) in [5.41, 5.74) is 3.93. The molecule has 7 rings (SSSR count). The maximum Gasteiger partial charge on any atom is 0.303 e. The molecule has 0 N–H and O–H groups in total. The van der Waals surface area contributed by atoms with E-state index in [1.54, 1.807) is 37.5 Å². The molecule has 1 aliphatic heterocycles. The maximum atomic E-state index is 12.2. The second-order valence-corrected chi connectivity index (χ2v) is 14.6. The molecule has 5 atom stereocenters.